The van der Waals surface area contributed by atoms with Gasteiger partial charge in [-0.3, -0.25) is 19.8 Å². The number of thiocarbonyl (C=S) groups is 1. The number of likely N-dealkylation sites (N-methyl/N-ethyl adjacent to an activating group) is 1. The van der Waals surface area contributed by atoms with Crippen molar-refractivity contribution in [3.8, 4) is 11.5 Å². The summed E-state index contributed by atoms with van der Waals surface area (Å²) in [4.78, 5) is 25.9. The summed E-state index contributed by atoms with van der Waals surface area (Å²) in [6.45, 7) is 2.48. The molecular weight excluding hydrogens is 574 g/mol. The molecule has 0 aromatic heterocycles. The molecule has 0 unspecified atom stereocenters. The van der Waals surface area contributed by atoms with Crippen molar-refractivity contribution in [1.82, 2.24) is 10.2 Å². The Morgan fingerprint density at radius 2 is 1.94 bits per heavy atom. The summed E-state index contributed by atoms with van der Waals surface area (Å²) in [7, 11) is 1.51. The first-order chi connectivity index (χ1) is 14.7. The third-order valence-corrected chi connectivity index (χ3v) is 6.10. The lowest BCUT2D eigenvalue weighted by atomic mass is 10.1. The van der Waals surface area contributed by atoms with E-state index in [9.17, 15) is 9.59 Å². The Morgan fingerprint density at radius 3 is 2.61 bits per heavy atom. The van der Waals surface area contributed by atoms with E-state index < -0.39 is 11.8 Å². The van der Waals surface area contributed by atoms with Gasteiger partial charge in [0.2, 0.25) is 0 Å². The maximum atomic E-state index is 12.5. The second-order valence-corrected chi connectivity index (χ2v) is 8.86. The van der Waals surface area contributed by atoms with Gasteiger partial charge in [0, 0.05) is 22.7 Å². The van der Waals surface area contributed by atoms with Crippen LogP contribution in [0.3, 0.4) is 0 Å². The van der Waals surface area contributed by atoms with Crippen molar-refractivity contribution >= 4 is 81.0 Å². The standard InChI is InChI=1S/C21H17Cl2IN2O4S/c1-3-29-17-8-11(6-14-19(27)25-21(31)26(2)20(14)28)7-16(24)18(17)30-10-12-4-5-13(22)9-15(12)23/h4-9H,3,10H2,1-2H3,(H,25,27,31)/b14-6+. The van der Waals surface area contributed by atoms with Crippen LogP contribution in [0.25, 0.3) is 6.08 Å². The fourth-order valence-electron chi connectivity index (χ4n) is 2.78. The van der Waals surface area contributed by atoms with E-state index in [2.05, 4.69) is 27.9 Å². The third-order valence-electron chi connectivity index (χ3n) is 4.33. The minimum absolute atomic E-state index is 0.0176. The lowest BCUT2D eigenvalue weighted by molar-refractivity contribution is -0.128. The SMILES string of the molecule is CCOc1cc(/C=C2\C(=O)NC(=S)N(C)C2=O)cc(I)c1OCc1ccc(Cl)cc1Cl. The molecule has 162 valence electrons. The number of carbonyl (C=O) groups is 2. The molecular formula is C21H17Cl2IN2O4S. The summed E-state index contributed by atoms with van der Waals surface area (Å²) in [5, 5.41) is 3.61. The number of hydrogen-bond acceptors (Lipinski definition) is 5. The Balaban J connectivity index is 1.92. The van der Waals surface area contributed by atoms with E-state index in [4.69, 9.17) is 44.9 Å². The molecule has 0 aliphatic carbocycles. The molecule has 31 heavy (non-hydrogen) atoms. The molecule has 1 aliphatic heterocycles. The van der Waals surface area contributed by atoms with Crippen molar-refractivity contribution in [2.24, 2.45) is 0 Å². The molecule has 0 radical (unpaired) electrons. The zero-order valence-corrected chi connectivity index (χ0v) is 21.0. The van der Waals surface area contributed by atoms with Crippen molar-refractivity contribution in [3.63, 3.8) is 0 Å². The average Bonchev–Trinajstić information content (AvgIpc) is 2.70. The zero-order valence-electron chi connectivity index (χ0n) is 16.5. The van der Waals surface area contributed by atoms with Gasteiger partial charge in [0.25, 0.3) is 11.8 Å². The Morgan fingerprint density at radius 1 is 1.19 bits per heavy atom. The van der Waals surface area contributed by atoms with Crippen molar-refractivity contribution in [2.45, 2.75) is 13.5 Å². The zero-order chi connectivity index (χ0) is 22.7. The minimum atomic E-state index is -0.543. The van der Waals surface area contributed by atoms with Crippen LogP contribution in [-0.2, 0) is 16.2 Å². The van der Waals surface area contributed by atoms with Crippen LogP contribution in [0.5, 0.6) is 11.5 Å². The van der Waals surface area contributed by atoms with Gasteiger partial charge in [0.15, 0.2) is 16.6 Å². The Kier molecular flexibility index (Phi) is 7.79. The second kappa shape index (κ2) is 10.2. The number of amides is 2. The molecule has 1 N–H and O–H groups in total. The predicted octanol–water partition coefficient (Wildman–Crippen LogP) is 4.83. The molecule has 6 nitrogen and oxygen atoms in total. The van der Waals surface area contributed by atoms with Crippen LogP contribution >= 0.6 is 58.0 Å². The average molecular weight is 591 g/mol. The highest BCUT2D eigenvalue weighted by molar-refractivity contribution is 14.1. The lowest BCUT2D eigenvalue weighted by Gasteiger charge is -2.25. The van der Waals surface area contributed by atoms with E-state index in [0.29, 0.717) is 33.7 Å². The molecule has 1 saturated heterocycles. The molecule has 0 atom stereocenters. The van der Waals surface area contributed by atoms with Crippen LogP contribution in [0.2, 0.25) is 10.0 Å². The maximum Gasteiger partial charge on any atom is 0.265 e. The molecule has 3 rings (SSSR count). The monoisotopic (exact) mass is 590 g/mol. The number of carbonyl (C=O) groups excluding carboxylic acids is 2. The molecule has 0 bridgehead atoms. The van der Waals surface area contributed by atoms with E-state index in [-0.39, 0.29) is 17.3 Å². The highest BCUT2D eigenvalue weighted by Crippen LogP contribution is 2.36. The van der Waals surface area contributed by atoms with E-state index in [1.807, 2.05) is 6.92 Å². The van der Waals surface area contributed by atoms with Crippen molar-refractivity contribution < 1.29 is 19.1 Å². The summed E-state index contributed by atoms with van der Waals surface area (Å²) in [5.41, 5.74) is 1.37. The highest BCUT2D eigenvalue weighted by atomic mass is 127. The summed E-state index contributed by atoms with van der Waals surface area (Å²) < 4.78 is 12.5. The van der Waals surface area contributed by atoms with Gasteiger partial charge in [-0.15, -0.1) is 0 Å². The topological polar surface area (TPSA) is 67.9 Å². The fourth-order valence-corrected chi connectivity index (χ4v) is 4.19. The number of rotatable bonds is 6. The van der Waals surface area contributed by atoms with Crippen molar-refractivity contribution in [1.29, 1.82) is 0 Å². The second-order valence-electron chi connectivity index (χ2n) is 6.47. The Hall–Kier alpha value is -1.88. The smallest absolute Gasteiger partial charge is 0.265 e. The first kappa shape index (κ1) is 23.8. The van der Waals surface area contributed by atoms with Crippen LogP contribution in [0.4, 0.5) is 0 Å². The van der Waals surface area contributed by atoms with E-state index in [0.717, 1.165) is 9.13 Å². The Labute approximate surface area is 208 Å². The maximum absolute atomic E-state index is 12.5. The van der Waals surface area contributed by atoms with Crippen LogP contribution in [-0.4, -0.2) is 35.5 Å². The molecule has 2 aromatic rings. The quantitative estimate of drug-likeness (QED) is 0.226. The van der Waals surface area contributed by atoms with Crippen LogP contribution in [0.15, 0.2) is 35.9 Å². The van der Waals surface area contributed by atoms with Gasteiger partial charge >= 0.3 is 0 Å². The molecule has 1 fully saturated rings. The first-order valence-electron chi connectivity index (χ1n) is 9.09. The van der Waals surface area contributed by atoms with Gasteiger partial charge in [-0.25, -0.2) is 0 Å². The van der Waals surface area contributed by atoms with Gasteiger partial charge in [-0.2, -0.15) is 0 Å². The van der Waals surface area contributed by atoms with Gasteiger partial charge in [-0.1, -0.05) is 29.3 Å². The summed E-state index contributed by atoms with van der Waals surface area (Å²) in [5.74, 6) is 0.00501. The lowest BCUT2D eigenvalue weighted by Crippen LogP contribution is -2.52. The number of hydrogen-bond donors (Lipinski definition) is 1. The summed E-state index contributed by atoms with van der Waals surface area (Å²) in [6.07, 6.45) is 1.50. The van der Waals surface area contributed by atoms with Gasteiger partial charge in [0.05, 0.1) is 10.2 Å². The van der Waals surface area contributed by atoms with Crippen molar-refractivity contribution in [3.05, 3.63) is 60.6 Å². The molecule has 0 saturated carbocycles. The van der Waals surface area contributed by atoms with E-state index >= 15 is 0 Å². The summed E-state index contributed by atoms with van der Waals surface area (Å²) in [6, 6.07) is 8.70. The highest BCUT2D eigenvalue weighted by Gasteiger charge is 2.30. The third kappa shape index (κ3) is 5.49. The van der Waals surface area contributed by atoms with Crippen LogP contribution < -0.4 is 14.8 Å². The van der Waals surface area contributed by atoms with Gasteiger partial charge < -0.3 is 9.47 Å². The summed E-state index contributed by atoms with van der Waals surface area (Å²) >= 11 is 19.3. The number of nitrogens with zero attached hydrogens (tertiary/aromatic N) is 1. The largest absolute Gasteiger partial charge is 0.490 e. The molecule has 2 aromatic carbocycles. The van der Waals surface area contributed by atoms with Gasteiger partial charge in [-0.05, 0) is 77.6 Å². The van der Waals surface area contributed by atoms with Crippen molar-refractivity contribution in [2.75, 3.05) is 13.7 Å². The Bertz CT molecular complexity index is 1110. The number of halogens is 3. The first-order valence-corrected chi connectivity index (χ1v) is 11.3. The molecule has 2 amide bonds. The van der Waals surface area contributed by atoms with Gasteiger partial charge in [0.1, 0.15) is 12.2 Å². The van der Waals surface area contributed by atoms with Crippen LogP contribution in [0.1, 0.15) is 18.1 Å². The van der Waals surface area contributed by atoms with E-state index in [1.165, 1.54) is 18.0 Å². The minimum Gasteiger partial charge on any atom is -0.490 e. The molecule has 0 spiro atoms. The predicted molar refractivity (Wildman–Crippen MR) is 133 cm³/mol. The van der Waals surface area contributed by atoms with Crippen LogP contribution in [0, 0.1) is 3.57 Å². The number of nitrogens with one attached hydrogen (secondary N) is 1. The van der Waals surface area contributed by atoms with E-state index in [1.54, 1.807) is 30.3 Å². The molecule has 10 heteroatoms. The molecule has 1 heterocycles. The normalized spacial score (nSPS) is 15.3. The fraction of sp³-hybridized carbons (Fsp3) is 0.190. The number of ether oxygens (including phenoxy) is 2. The molecule has 1 aliphatic rings. The number of benzene rings is 2.